The van der Waals surface area contributed by atoms with Gasteiger partial charge in [-0.25, -0.2) is 0 Å². The van der Waals surface area contributed by atoms with E-state index in [2.05, 4.69) is 37.5 Å². The van der Waals surface area contributed by atoms with E-state index in [0.717, 1.165) is 39.3 Å². The van der Waals surface area contributed by atoms with Crippen molar-refractivity contribution in [3.63, 3.8) is 0 Å². The highest BCUT2D eigenvalue weighted by Crippen LogP contribution is 2.03. The smallest absolute Gasteiger partial charge is 0.0590 e. The predicted octanol–water partition coefficient (Wildman–Crippen LogP) is 3.12. The molecule has 0 fully saturated rings. The van der Waals surface area contributed by atoms with Crippen LogP contribution in [-0.4, -0.2) is 54.4 Å². The van der Waals surface area contributed by atoms with Crippen molar-refractivity contribution < 1.29 is 0 Å². The Hall–Kier alpha value is 0.790. The second-order valence-electron chi connectivity index (χ2n) is 3.57. The van der Waals surface area contributed by atoms with E-state index in [9.17, 15) is 0 Å². The third-order valence-electron chi connectivity index (χ3n) is 2.70. The summed E-state index contributed by atoms with van der Waals surface area (Å²) in [6, 6.07) is 0. The molecule has 0 bridgehead atoms. The first-order valence-corrected chi connectivity index (χ1v) is 6.20. The Labute approximate surface area is 119 Å². The highest BCUT2D eigenvalue weighted by molar-refractivity contribution is 6.21. The Morgan fingerprint density at radius 1 is 0.750 bits per heavy atom. The Bertz CT molecular complexity index is 114. The topological polar surface area (TPSA) is 6.48 Å². The van der Waals surface area contributed by atoms with Crippen LogP contribution in [-0.2, 0) is 0 Å². The molecule has 0 heterocycles. The van der Waals surface area contributed by atoms with Crippen molar-refractivity contribution >= 4 is 36.4 Å². The predicted molar refractivity (Wildman–Crippen MR) is 79.7 cm³/mol. The Kier molecular flexibility index (Phi) is 19.1. The van der Waals surface area contributed by atoms with E-state index in [1.54, 1.807) is 0 Å². The molecule has 5 heteroatoms. The summed E-state index contributed by atoms with van der Waals surface area (Å²) < 4.78 is 0. The number of halogens is 3. The summed E-state index contributed by atoms with van der Waals surface area (Å²) in [4.78, 5) is 4.75. The highest BCUT2D eigenvalue weighted by atomic mass is 35.5. The molecule has 102 valence electrons. The van der Waals surface area contributed by atoms with Gasteiger partial charge in [0.05, 0.1) is 5.38 Å². The van der Waals surface area contributed by atoms with Crippen LogP contribution in [0.1, 0.15) is 27.7 Å². The standard InChI is InChI=1S/C11H25ClN2.2ClH/c1-5-13(6-2)9-11(12)10-14(7-3)8-4;;/h11H,5-10H2,1-4H3;2*1H. The van der Waals surface area contributed by atoms with E-state index < -0.39 is 0 Å². The molecule has 0 unspecified atom stereocenters. The lowest BCUT2D eigenvalue weighted by Gasteiger charge is -2.25. The fraction of sp³-hybridized carbons (Fsp3) is 1.00. The van der Waals surface area contributed by atoms with E-state index in [1.807, 2.05) is 0 Å². The summed E-state index contributed by atoms with van der Waals surface area (Å²) in [5.41, 5.74) is 0. The minimum Gasteiger partial charge on any atom is -0.302 e. The van der Waals surface area contributed by atoms with Gasteiger partial charge >= 0.3 is 0 Å². The van der Waals surface area contributed by atoms with Gasteiger partial charge < -0.3 is 9.80 Å². The van der Waals surface area contributed by atoms with Gasteiger partial charge in [-0.1, -0.05) is 27.7 Å². The maximum Gasteiger partial charge on any atom is 0.0590 e. The molecule has 0 atom stereocenters. The molecule has 0 aliphatic heterocycles. The van der Waals surface area contributed by atoms with Crippen molar-refractivity contribution in [1.29, 1.82) is 0 Å². The van der Waals surface area contributed by atoms with E-state index in [0.29, 0.717) is 0 Å². The van der Waals surface area contributed by atoms with E-state index in [-0.39, 0.29) is 30.2 Å². The summed E-state index contributed by atoms with van der Waals surface area (Å²) in [7, 11) is 0. The van der Waals surface area contributed by atoms with Gasteiger partial charge in [-0.05, 0) is 26.2 Å². The van der Waals surface area contributed by atoms with Crippen LogP contribution in [0.15, 0.2) is 0 Å². The molecule has 2 nitrogen and oxygen atoms in total. The third kappa shape index (κ3) is 9.98. The zero-order chi connectivity index (χ0) is 11.0. The monoisotopic (exact) mass is 292 g/mol. The van der Waals surface area contributed by atoms with Crippen molar-refractivity contribution in [3.8, 4) is 0 Å². The lowest BCUT2D eigenvalue weighted by molar-refractivity contribution is 0.254. The molecule has 0 aliphatic carbocycles. The quantitative estimate of drug-likeness (QED) is 0.635. The minimum atomic E-state index is 0. The van der Waals surface area contributed by atoms with Crippen molar-refractivity contribution in [2.45, 2.75) is 33.1 Å². The van der Waals surface area contributed by atoms with Gasteiger partial charge in [0.2, 0.25) is 0 Å². The van der Waals surface area contributed by atoms with Gasteiger partial charge in [-0.3, -0.25) is 0 Å². The zero-order valence-corrected chi connectivity index (χ0v) is 13.3. The molecule has 0 saturated heterocycles. The molecule has 0 aromatic heterocycles. The molecule has 0 saturated carbocycles. The van der Waals surface area contributed by atoms with Crippen LogP contribution in [0.3, 0.4) is 0 Å². The second kappa shape index (κ2) is 13.9. The lowest BCUT2D eigenvalue weighted by Crippen LogP contribution is -2.37. The van der Waals surface area contributed by atoms with Gasteiger partial charge in [0.1, 0.15) is 0 Å². The van der Waals surface area contributed by atoms with Crippen LogP contribution in [0.2, 0.25) is 0 Å². The van der Waals surface area contributed by atoms with E-state index >= 15 is 0 Å². The SMILES string of the molecule is CCN(CC)CC(Cl)CN(CC)CC.Cl.Cl. The molecule has 0 N–H and O–H groups in total. The highest BCUT2D eigenvalue weighted by Gasteiger charge is 2.11. The zero-order valence-electron chi connectivity index (χ0n) is 10.9. The molecule has 0 aromatic carbocycles. The normalized spacial score (nSPS) is 10.5. The van der Waals surface area contributed by atoms with Crippen LogP contribution in [0.25, 0.3) is 0 Å². The van der Waals surface area contributed by atoms with Crippen LogP contribution >= 0.6 is 36.4 Å². The molecule has 0 radical (unpaired) electrons. The minimum absolute atomic E-state index is 0. The van der Waals surface area contributed by atoms with Gasteiger partial charge in [0.15, 0.2) is 0 Å². The van der Waals surface area contributed by atoms with Gasteiger partial charge in [-0.15, -0.1) is 36.4 Å². The average Bonchev–Trinajstić information content (AvgIpc) is 2.22. The summed E-state index contributed by atoms with van der Waals surface area (Å²) in [6.45, 7) is 15.1. The first-order valence-electron chi connectivity index (χ1n) is 5.76. The molecule has 0 rings (SSSR count). The van der Waals surface area contributed by atoms with Gasteiger partial charge in [-0.2, -0.15) is 0 Å². The number of hydrogen-bond acceptors (Lipinski definition) is 2. The Balaban J connectivity index is -0.000000845. The van der Waals surface area contributed by atoms with Crippen molar-refractivity contribution in [2.24, 2.45) is 0 Å². The summed E-state index contributed by atoms with van der Waals surface area (Å²) >= 11 is 6.30. The first-order chi connectivity index (χ1) is 6.67. The van der Waals surface area contributed by atoms with Crippen molar-refractivity contribution in [2.75, 3.05) is 39.3 Å². The largest absolute Gasteiger partial charge is 0.302 e. The molecule has 0 spiro atoms. The maximum absolute atomic E-state index is 6.30. The maximum atomic E-state index is 6.30. The van der Waals surface area contributed by atoms with Crippen LogP contribution in [0.4, 0.5) is 0 Å². The molecule has 16 heavy (non-hydrogen) atoms. The van der Waals surface area contributed by atoms with E-state index in [1.165, 1.54) is 0 Å². The fourth-order valence-corrected chi connectivity index (χ4v) is 1.97. The number of nitrogens with zero attached hydrogens (tertiary/aromatic N) is 2. The molecular weight excluding hydrogens is 266 g/mol. The summed E-state index contributed by atoms with van der Waals surface area (Å²) in [5.74, 6) is 0. The van der Waals surface area contributed by atoms with Gasteiger partial charge in [0, 0.05) is 13.1 Å². The Morgan fingerprint density at radius 2 is 1.00 bits per heavy atom. The van der Waals surface area contributed by atoms with Crippen molar-refractivity contribution in [3.05, 3.63) is 0 Å². The second-order valence-corrected chi connectivity index (χ2v) is 4.19. The third-order valence-corrected chi connectivity index (χ3v) is 2.98. The van der Waals surface area contributed by atoms with Gasteiger partial charge in [0.25, 0.3) is 0 Å². The molecule has 0 aliphatic rings. The summed E-state index contributed by atoms with van der Waals surface area (Å²) in [6.07, 6.45) is 0. The number of hydrogen-bond donors (Lipinski definition) is 0. The molecule has 0 amide bonds. The summed E-state index contributed by atoms with van der Waals surface area (Å²) in [5, 5.41) is 0.259. The van der Waals surface area contributed by atoms with Crippen LogP contribution < -0.4 is 0 Å². The average molecular weight is 294 g/mol. The lowest BCUT2D eigenvalue weighted by atomic mass is 10.3. The van der Waals surface area contributed by atoms with Crippen LogP contribution in [0, 0.1) is 0 Å². The number of rotatable bonds is 8. The van der Waals surface area contributed by atoms with Crippen molar-refractivity contribution in [1.82, 2.24) is 9.80 Å². The number of alkyl halides is 1. The van der Waals surface area contributed by atoms with E-state index in [4.69, 9.17) is 11.6 Å². The molecular formula is C11H27Cl3N2. The fourth-order valence-electron chi connectivity index (χ4n) is 1.58. The molecule has 0 aromatic rings. The van der Waals surface area contributed by atoms with Crippen LogP contribution in [0.5, 0.6) is 0 Å². The Morgan fingerprint density at radius 3 is 1.19 bits per heavy atom. The first kappa shape index (κ1) is 22.0.